The second kappa shape index (κ2) is 34.8. The highest BCUT2D eigenvalue weighted by Gasteiger charge is 2.44. The van der Waals surface area contributed by atoms with Gasteiger partial charge in [-0.25, -0.2) is 0 Å². The molecule has 0 saturated carbocycles. The Morgan fingerprint density at radius 1 is 0.435 bits per heavy atom. The van der Waals surface area contributed by atoms with Crippen molar-refractivity contribution in [2.75, 3.05) is 48.8 Å². The minimum atomic E-state index is -1.78. The van der Waals surface area contributed by atoms with E-state index >= 15 is 0 Å². The number of hydrogen-bond donors (Lipinski definition) is 7. The minimum Gasteiger partial charge on any atom is -0.391 e. The zero-order valence-electron chi connectivity index (χ0n) is 55.4. The molecular weight excluding hydrogens is 1090 g/mol. The predicted octanol–water partition coefficient (Wildman–Crippen LogP) is 1.90. The van der Waals surface area contributed by atoms with Crippen LogP contribution in [0.3, 0.4) is 0 Å². The van der Waals surface area contributed by atoms with Gasteiger partial charge in [-0.05, 0) is 101 Å². The second-order valence-corrected chi connectivity index (χ2v) is 25.9. The standard InChI is InChI=1S/C61H109N11O13/c1-24-25-26-38(14)51(75)49-55(79)65-48(41(17)73)60(84)67(18)31-46(74)68(19)42(27-32(2)3)54(78)64-47(36(10)11)61(85)69(20)43(28-33(4)5)53(77)62-39(15)52(76)63-40(16)57(81)70(21)44(29-34(6)7)58(82)71(22)45(30-35(8)9)59(83)72(23)50(37(12)13)56(80)66-49/h24-25,32-45,47-51,73,75H,26-31H2,1-23H3,(H,62,77)(H,63,76)(H,64,78)(H,65,79)(H,66,80)/b25-24+/t38-,39?,40-,41?,42-,43-,44+,45+,47-,48?,49?,50+,51-/m1/s1. The van der Waals surface area contributed by atoms with Gasteiger partial charge in [0.2, 0.25) is 65.0 Å². The van der Waals surface area contributed by atoms with Gasteiger partial charge >= 0.3 is 0 Å². The van der Waals surface area contributed by atoms with Crippen LogP contribution in [0.5, 0.6) is 0 Å². The third kappa shape index (κ3) is 22.2. The molecule has 7 N–H and O–H groups in total. The summed E-state index contributed by atoms with van der Waals surface area (Å²) in [6.07, 6.45) is 1.06. The topological polar surface area (TPSA) is 308 Å². The van der Waals surface area contributed by atoms with Crippen molar-refractivity contribution in [3.05, 3.63) is 12.2 Å². The van der Waals surface area contributed by atoms with Crippen molar-refractivity contribution < 1.29 is 63.0 Å². The summed E-state index contributed by atoms with van der Waals surface area (Å²) in [6, 6.07) is -13.2. The lowest BCUT2D eigenvalue weighted by Gasteiger charge is -2.40. The molecule has 0 aliphatic carbocycles. The van der Waals surface area contributed by atoms with Crippen LogP contribution in [-0.4, -0.2) is 226 Å². The van der Waals surface area contributed by atoms with E-state index in [9.17, 15) is 63.0 Å². The highest BCUT2D eigenvalue weighted by Crippen LogP contribution is 2.24. The third-order valence-electron chi connectivity index (χ3n) is 15.7. The quantitative estimate of drug-likeness (QED) is 0.116. The van der Waals surface area contributed by atoms with Crippen molar-refractivity contribution in [1.29, 1.82) is 0 Å². The van der Waals surface area contributed by atoms with Gasteiger partial charge < -0.3 is 66.2 Å². The molecule has 1 aliphatic rings. The van der Waals surface area contributed by atoms with Crippen molar-refractivity contribution in [2.45, 2.75) is 222 Å². The molecule has 0 aromatic heterocycles. The van der Waals surface area contributed by atoms with Gasteiger partial charge in [-0.1, -0.05) is 102 Å². The van der Waals surface area contributed by atoms with E-state index in [2.05, 4.69) is 26.6 Å². The van der Waals surface area contributed by atoms with Crippen LogP contribution in [0.4, 0.5) is 0 Å². The number of allylic oxidation sites excluding steroid dienone is 2. The van der Waals surface area contributed by atoms with Crippen molar-refractivity contribution in [1.82, 2.24) is 56.0 Å². The van der Waals surface area contributed by atoms with Gasteiger partial charge in [0.25, 0.3) is 0 Å². The Morgan fingerprint density at radius 3 is 1.28 bits per heavy atom. The van der Waals surface area contributed by atoms with E-state index in [0.717, 1.165) is 9.80 Å². The van der Waals surface area contributed by atoms with Crippen LogP contribution in [0.2, 0.25) is 0 Å². The van der Waals surface area contributed by atoms with Crippen LogP contribution in [0, 0.1) is 41.4 Å². The molecule has 24 heteroatoms. The van der Waals surface area contributed by atoms with Gasteiger partial charge in [0.15, 0.2) is 0 Å². The number of likely N-dealkylation sites (N-methyl/N-ethyl adjacent to an activating group) is 6. The first-order valence-electron chi connectivity index (χ1n) is 30.2. The molecule has 0 radical (unpaired) electrons. The summed E-state index contributed by atoms with van der Waals surface area (Å²) >= 11 is 0. The maximum atomic E-state index is 15.0. The maximum Gasteiger partial charge on any atom is 0.248 e. The van der Waals surface area contributed by atoms with Crippen LogP contribution < -0.4 is 26.6 Å². The minimum absolute atomic E-state index is 0.113. The first-order valence-corrected chi connectivity index (χ1v) is 30.2. The van der Waals surface area contributed by atoms with E-state index in [4.69, 9.17) is 0 Å². The van der Waals surface area contributed by atoms with Crippen molar-refractivity contribution in [2.24, 2.45) is 41.4 Å². The fourth-order valence-corrected chi connectivity index (χ4v) is 10.4. The van der Waals surface area contributed by atoms with Crippen LogP contribution >= 0.6 is 0 Å². The molecule has 85 heavy (non-hydrogen) atoms. The van der Waals surface area contributed by atoms with Gasteiger partial charge in [-0.3, -0.25) is 52.7 Å². The first kappa shape index (κ1) is 76.8. The number of hydrogen-bond acceptors (Lipinski definition) is 13. The van der Waals surface area contributed by atoms with Gasteiger partial charge in [0, 0.05) is 42.3 Å². The smallest absolute Gasteiger partial charge is 0.248 e. The van der Waals surface area contributed by atoms with E-state index in [0.29, 0.717) is 0 Å². The molecule has 0 spiro atoms. The summed E-state index contributed by atoms with van der Waals surface area (Å²) in [7, 11) is 8.29. The third-order valence-corrected chi connectivity index (χ3v) is 15.7. The van der Waals surface area contributed by atoms with Crippen molar-refractivity contribution >= 4 is 65.0 Å². The number of aliphatic hydroxyl groups is 2. The van der Waals surface area contributed by atoms with Gasteiger partial charge in [-0.2, -0.15) is 0 Å². The highest BCUT2D eigenvalue weighted by molar-refractivity contribution is 5.99. The Bertz CT molecular complexity index is 2330. The summed E-state index contributed by atoms with van der Waals surface area (Å²) in [4.78, 5) is 166. The second-order valence-electron chi connectivity index (χ2n) is 25.9. The Morgan fingerprint density at radius 2 is 0.835 bits per heavy atom. The van der Waals surface area contributed by atoms with E-state index in [1.165, 1.54) is 82.7 Å². The van der Waals surface area contributed by atoms with E-state index in [1.807, 2.05) is 55.4 Å². The number of rotatable bonds is 15. The Kier molecular flexibility index (Phi) is 31.5. The SMILES string of the molecule is C/C=C/C[C@@H](C)[C@@H](O)C1NC(=O)[C@H](C(C)C)N(C)C(=O)[C@H](CC(C)C)N(C)C(=O)[C@H](CC(C)C)N(C)C(=O)[C@@H](C)NC(=O)C(C)NC(=O)[C@@H](CC(C)C)N(C)C(=O)[C@@H](C(C)C)NC(=O)[C@@H](CC(C)C)N(C)C(=O)CN(C)C(=O)C(C(C)O)NC1=O. The van der Waals surface area contributed by atoms with E-state index in [1.54, 1.807) is 53.7 Å². The van der Waals surface area contributed by atoms with Crippen LogP contribution in [0.25, 0.3) is 0 Å². The maximum absolute atomic E-state index is 15.0. The number of aliphatic hydroxyl groups excluding tert-OH is 2. The fraction of sp³-hybridized carbons (Fsp3) is 0.787. The van der Waals surface area contributed by atoms with E-state index < -0.39 is 162 Å². The molecule has 4 unspecified atom stereocenters. The lowest BCUT2D eigenvalue weighted by atomic mass is 9.92. The normalized spacial score (nSPS) is 27.2. The largest absolute Gasteiger partial charge is 0.391 e. The summed E-state index contributed by atoms with van der Waals surface area (Å²) < 4.78 is 0. The van der Waals surface area contributed by atoms with Crippen molar-refractivity contribution in [3.63, 3.8) is 0 Å². The Balaban J connectivity index is 4.31. The lowest BCUT2D eigenvalue weighted by molar-refractivity contribution is -0.154. The molecule has 24 nitrogen and oxygen atoms in total. The molecule has 486 valence electrons. The predicted molar refractivity (Wildman–Crippen MR) is 325 cm³/mol. The lowest BCUT2D eigenvalue weighted by Crippen LogP contribution is -2.64. The first-order chi connectivity index (χ1) is 39.2. The molecule has 1 aliphatic heterocycles. The number of carbonyl (C=O) groups excluding carboxylic acids is 11. The Hall–Kier alpha value is -6.17. The molecule has 0 aromatic carbocycles. The monoisotopic (exact) mass is 1200 g/mol. The molecule has 0 bridgehead atoms. The van der Waals surface area contributed by atoms with Gasteiger partial charge in [-0.15, -0.1) is 0 Å². The van der Waals surface area contributed by atoms with Crippen LogP contribution in [-0.2, 0) is 52.7 Å². The molecule has 1 rings (SSSR count). The number of nitrogens with zero attached hydrogens (tertiary/aromatic N) is 6. The molecule has 11 amide bonds. The zero-order valence-corrected chi connectivity index (χ0v) is 55.4. The van der Waals surface area contributed by atoms with Crippen molar-refractivity contribution in [3.8, 4) is 0 Å². The Labute approximate surface area is 507 Å². The number of amides is 11. The molecule has 13 atom stereocenters. The summed E-state index contributed by atoms with van der Waals surface area (Å²) in [5.74, 6) is -10.8. The summed E-state index contributed by atoms with van der Waals surface area (Å²) in [5, 5.41) is 36.3. The van der Waals surface area contributed by atoms with Crippen LogP contribution in [0.15, 0.2) is 12.2 Å². The molecule has 1 fully saturated rings. The highest BCUT2D eigenvalue weighted by atomic mass is 16.3. The van der Waals surface area contributed by atoms with Crippen LogP contribution in [0.1, 0.15) is 150 Å². The van der Waals surface area contributed by atoms with Gasteiger partial charge in [0.05, 0.1) is 18.8 Å². The fourth-order valence-electron chi connectivity index (χ4n) is 10.4. The molecule has 1 heterocycles. The number of carbonyl (C=O) groups is 11. The average Bonchev–Trinajstić information content (AvgIpc) is 3.49. The summed E-state index contributed by atoms with van der Waals surface area (Å²) in [6.45, 7) is 28.4. The summed E-state index contributed by atoms with van der Waals surface area (Å²) in [5.41, 5.74) is 0. The molecule has 0 aromatic rings. The van der Waals surface area contributed by atoms with E-state index in [-0.39, 0.29) is 55.8 Å². The number of nitrogens with one attached hydrogen (secondary N) is 5. The molecule has 1 saturated heterocycles. The van der Waals surface area contributed by atoms with Gasteiger partial charge in [0.1, 0.15) is 60.4 Å². The average molecular weight is 1200 g/mol. The zero-order chi connectivity index (χ0) is 66.0. The molecular formula is C61H109N11O13.